The van der Waals surface area contributed by atoms with E-state index >= 15 is 0 Å². The summed E-state index contributed by atoms with van der Waals surface area (Å²) in [6.07, 6.45) is 0. The number of hydrogen-bond donors (Lipinski definition) is 1. The second-order valence-corrected chi connectivity index (χ2v) is 14.4. The number of rotatable bonds is 6. The predicted molar refractivity (Wildman–Crippen MR) is 186 cm³/mol. The number of carboxylic acid groups (broad SMARTS) is 1. The van der Waals surface area contributed by atoms with Gasteiger partial charge in [0.2, 0.25) is 0 Å². The van der Waals surface area contributed by atoms with Crippen molar-refractivity contribution in [3.8, 4) is 0 Å². The van der Waals surface area contributed by atoms with Crippen LogP contribution in [0.1, 0.15) is 6.92 Å². The quantitative estimate of drug-likeness (QED) is 0.167. The van der Waals surface area contributed by atoms with Gasteiger partial charge in [0.1, 0.15) is 31.8 Å². The van der Waals surface area contributed by atoms with E-state index < -0.39 is 21.8 Å². The smallest absolute Gasteiger partial charge is 0.300 e. The molecule has 0 unspecified atom stereocenters. The normalized spacial score (nSPS) is 9.93. The fraction of sp³-hybridized carbons (Fsp3) is 0.0263. The second kappa shape index (κ2) is 18.7. The van der Waals surface area contributed by atoms with Crippen molar-refractivity contribution in [3.63, 3.8) is 0 Å². The minimum atomic E-state index is -0.877. The first kappa shape index (κ1) is 33.7. The maximum atomic E-state index is 9.00. The third-order valence-corrected chi connectivity index (χ3v) is 11.8. The van der Waals surface area contributed by atoms with Crippen molar-refractivity contribution in [2.45, 2.75) is 6.92 Å². The Hall–Kier alpha value is -3.83. The van der Waals surface area contributed by atoms with E-state index in [4.69, 9.17) is 9.90 Å². The Kier molecular flexibility index (Phi) is 14.6. The maximum Gasteiger partial charge on any atom is 0.300 e. The van der Waals surface area contributed by atoms with Gasteiger partial charge in [-0.15, -0.1) is 0 Å². The Balaban J connectivity index is 0.000000206. The van der Waals surface area contributed by atoms with Gasteiger partial charge in [0.05, 0.1) is 15.8 Å². The number of aliphatic carboxylic acids is 1. The number of hydrogen-bond acceptors (Lipinski definition) is 1. The summed E-state index contributed by atoms with van der Waals surface area (Å²) in [5, 5.41) is 16.0. The van der Waals surface area contributed by atoms with Crippen LogP contribution >= 0.6 is 15.8 Å². The standard InChI is InChI=1S/2C18H15P.C2H4O2.Cu/c2*1-4-10-16(11-5-1)19(17-12-6-2-7-13-17)18-14-8-3-9-15-18;1-2(3)4;/h2*1-15H;1H3,(H,3,4);/p+2. The van der Waals surface area contributed by atoms with Crippen LogP contribution in [0.3, 0.4) is 0 Å². The largest absolute Gasteiger partial charge is 0.481 e. The molecule has 0 aromatic heterocycles. The Morgan fingerprint density at radius 2 is 0.488 bits per heavy atom. The van der Waals surface area contributed by atoms with Crippen LogP contribution in [0.5, 0.6) is 0 Å². The van der Waals surface area contributed by atoms with Crippen molar-refractivity contribution < 1.29 is 27.0 Å². The Morgan fingerprint density at radius 1 is 0.372 bits per heavy atom. The average Bonchev–Trinajstić information content (AvgIpc) is 3.05. The summed E-state index contributed by atoms with van der Waals surface area (Å²) in [5.74, 6) is -0.833. The van der Waals surface area contributed by atoms with E-state index in [-0.39, 0.29) is 17.1 Å². The topological polar surface area (TPSA) is 37.3 Å². The van der Waals surface area contributed by atoms with Crippen LogP contribution < -0.4 is 31.8 Å². The molecule has 1 radical (unpaired) electrons. The van der Waals surface area contributed by atoms with Crippen LogP contribution in [0.4, 0.5) is 0 Å². The predicted octanol–water partition coefficient (Wildman–Crippen LogP) is 6.44. The summed E-state index contributed by atoms with van der Waals surface area (Å²) < 4.78 is 0. The van der Waals surface area contributed by atoms with Gasteiger partial charge in [-0.2, -0.15) is 0 Å². The Labute approximate surface area is 268 Å². The van der Waals surface area contributed by atoms with Crippen LogP contribution in [-0.4, -0.2) is 11.1 Å². The minimum absolute atomic E-state index is 0. The van der Waals surface area contributed by atoms with E-state index in [2.05, 4.69) is 182 Å². The molecule has 0 heterocycles. The summed E-state index contributed by atoms with van der Waals surface area (Å²) >= 11 is 0. The zero-order valence-electron chi connectivity index (χ0n) is 24.0. The summed E-state index contributed by atoms with van der Waals surface area (Å²) in [4.78, 5) is 9.00. The van der Waals surface area contributed by atoms with E-state index in [1.54, 1.807) is 0 Å². The molecule has 2 nitrogen and oxygen atoms in total. The summed E-state index contributed by atoms with van der Waals surface area (Å²) in [7, 11) is -1.75. The Bertz CT molecular complexity index is 1280. The van der Waals surface area contributed by atoms with Crippen molar-refractivity contribution in [2.75, 3.05) is 0 Å². The zero-order chi connectivity index (χ0) is 29.4. The SMILES string of the molecule is CC(=O)O.[Cu].c1ccc([PH+](c2ccccc2)c2ccccc2)cc1.c1ccc([PH+](c2ccccc2)c2ccccc2)cc1. The molecule has 6 aromatic carbocycles. The molecule has 1 N–H and O–H groups in total. The van der Waals surface area contributed by atoms with E-state index in [1.807, 2.05) is 0 Å². The van der Waals surface area contributed by atoms with Gasteiger partial charge >= 0.3 is 0 Å². The second-order valence-electron chi connectivity index (χ2n) is 9.47. The maximum absolute atomic E-state index is 9.00. The van der Waals surface area contributed by atoms with Gasteiger partial charge in [0.25, 0.3) is 5.97 Å². The summed E-state index contributed by atoms with van der Waals surface area (Å²) in [6, 6.07) is 65.0. The number of carboxylic acids is 1. The molecule has 5 heteroatoms. The molecule has 0 saturated carbocycles. The van der Waals surface area contributed by atoms with Gasteiger partial charge in [-0.3, -0.25) is 4.79 Å². The zero-order valence-corrected chi connectivity index (χ0v) is 26.9. The van der Waals surface area contributed by atoms with Crippen molar-refractivity contribution in [1.82, 2.24) is 0 Å². The van der Waals surface area contributed by atoms with Crippen molar-refractivity contribution >= 4 is 53.6 Å². The molecular weight excluding hydrogens is 614 g/mol. The van der Waals surface area contributed by atoms with Crippen LogP contribution in [0.25, 0.3) is 0 Å². The molecular formula is C38H36CuO2P2+2. The van der Waals surface area contributed by atoms with Crippen LogP contribution in [0, 0.1) is 0 Å². The van der Waals surface area contributed by atoms with Crippen molar-refractivity contribution in [1.29, 1.82) is 0 Å². The van der Waals surface area contributed by atoms with Crippen molar-refractivity contribution in [2.24, 2.45) is 0 Å². The monoisotopic (exact) mass is 649 g/mol. The van der Waals surface area contributed by atoms with Crippen LogP contribution in [-0.2, 0) is 21.9 Å². The van der Waals surface area contributed by atoms with Gasteiger partial charge in [-0.25, -0.2) is 0 Å². The van der Waals surface area contributed by atoms with E-state index in [9.17, 15) is 0 Å². The van der Waals surface area contributed by atoms with E-state index in [0.29, 0.717) is 0 Å². The fourth-order valence-corrected chi connectivity index (χ4v) is 9.78. The molecule has 0 aliphatic rings. The molecule has 0 fully saturated rings. The van der Waals surface area contributed by atoms with Gasteiger partial charge in [0.15, 0.2) is 0 Å². The third kappa shape index (κ3) is 10.7. The first-order valence-corrected chi connectivity index (χ1v) is 16.9. The van der Waals surface area contributed by atoms with E-state index in [1.165, 1.54) is 31.8 Å². The summed E-state index contributed by atoms with van der Waals surface area (Å²) in [6.45, 7) is 1.08. The molecule has 0 spiro atoms. The van der Waals surface area contributed by atoms with Crippen LogP contribution in [0.2, 0.25) is 0 Å². The minimum Gasteiger partial charge on any atom is -0.481 e. The Morgan fingerprint density at radius 3 is 0.605 bits per heavy atom. The van der Waals surface area contributed by atoms with Crippen molar-refractivity contribution in [3.05, 3.63) is 182 Å². The average molecular weight is 650 g/mol. The van der Waals surface area contributed by atoms with Gasteiger partial charge in [-0.1, -0.05) is 109 Å². The number of carbonyl (C=O) groups is 1. The molecule has 6 rings (SSSR count). The first-order chi connectivity index (χ1) is 20.6. The summed E-state index contributed by atoms with van der Waals surface area (Å²) in [5.41, 5.74) is 0. The molecule has 0 aliphatic heterocycles. The molecule has 0 aliphatic carbocycles. The van der Waals surface area contributed by atoms with Gasteiger partial charge < -0.3 is 5.11 Å². The molecule has 0 saturated heterocycles. The molecule has 0 atom stereocenters. The van der Waals surface area contributed by atoms with Gasteiger partial charge in [-0.05, 0) is 72.8 Å². The molecule has 0 bridgehead atoms. The van der Waals surface area contributed by atoms with Crippen LogP contribution in [0.15, 0.2) is 182 Å². The molecule has 0 amide bonds. The van der Waals surface area contributed by atoms with E-state index in [0.717, 1.165) is 6.92 Å². The third-order valence-electron chi connectivity index (χ3n) is 6.37. The first-order valence-electron chi connectivity index (χ1n) is 13.9. The molecule has 219 valence electrons. The molecule has 6 aromatic rings. The number of benzene rings is 6. The molecule has 43 heavy (non-hydrogen) atoms. The fourth-order valence-electron chi connectivity index (χ4n) is 4.63. The van der Waals surface area contributed by atoms with Gasteiger partial charge in [0, 0.05) is 24.0 Å².